The fraction of sp³-hybridized carbons (Fsp3) is 0.278. The Morgan fingerprint density at radius 3 is 2.82 bits per heavy atom. The zero-order chi connectivity index (χ0) is 20.4. The molecule has 0 radical (unpaired) electrons. The molecule has 1 aliphatic rings. The number of thioether (sulfide) groups is 1. The highest BCUT2D eigenvalue weighted by Gasteiger charge is 2.43. The first-order valence-electron chi connectivity index (χ1n) is 8.32. The van der Waals surface area contributed by atoms with E-state index in [1.165, 1.54) is 18.3 Å². The maximum absolute atomic E-state index is 12.9. The van der Waals surface area contributed by atoms with Crippen LogP contribution in [0.25, 0.3) is 0 Å². The first-order valence-corrected chi connectivity index (χ1v) is 10.0. The van der Waals surface area contributed by atoms with Gasteiger partial charge in [0.05, 0.1) is 23.0 Å². The third-order valence-electron chi connectivity index (χ3n) is 3.89. The molecular formula is C18H16N2O6S2. The second kappa shape index (κ2) is 8.11. The molecule has 3 rings (SSSR count). The maximum Gasteiger partial charge on any atom is 0.341 e. The standard InChI is InChI=1S/C18H16N2O6S2/c1-3-26-18(25)11-7-9(2)27-16(11)20-13(21)8-12(15(20)22)28-14-10(17(23)24)5-4-6-19-14/h4-7,12H,3,8H2,1-2H3,(H,23,24)/t12-/m0/s1. The van der Waals surface area contributed by atoms with Gasteiger partial charge >= 0.3 is 11.9 Å². The van der Waals surface area contributed by atoms with Gasteiger partial charge in [0.25, 0.3) is 0 Å². The van der Waals surface area contributed by atoms with Crippen LogP contribution in [0.3, 0.4) is 0 Å². The Balaban J connectivity index is 1.90. The lowest BCUT2D eigenvalue weighted by molar-refractivity contribution is -0.121. The van der Waals surface area contributed by atoms with Gasteiger partial charge in [-0.15, -0.1) is 11.3 Å². The Bertz CT molecular complexity index is 971. The molecule has 1 saturated heterocycles. The Kier molecular flexibility index (Phi) is 5.80. The molecule has 1 aliphatic heterocycles. The van der Waals surface area contributed by atoms with Gasteiger partial charge < -0.3 is 9.84 Å². The molecule has 0 unspecified atom stereocenters. The summed E-state index contributed by atoms with van der Waals surface area (Å²) >= 11 is 2.09. The lowest BCUT2D eigenvalue weighted by Gasteiger charge is -2.15. The van der Waals surface area contributed by atoms with Gasteiger partial charge in [-0.1, -0.05) is 11.8 Å². The molecular weight excluding hydrogens is 404 g/mol. The van der Waals surface area contributed by atoms with Crippen LogP contribution in [-0.4, -0.2) is 45.7 Å². The van der Waals surface area contributed by atoms with Gasteiger partial charge in [0.2, 0.25) is 11.8 Å². The molecule has 0 aliphatic carbocycles. The van der Waals surface area contributed by atoms with Crippen molar-refractivity contribution in [3.8, 4) is 0 Å². The van der Waals surface area contributed by atoms with Gasteiger partial charge in [-0.2, -0.15) is 0 Å². The first kappa shape index (κ1) is 20.0. The van der Waals surface area contributed by atoms with Crippen molar-refractivity contribution in [3.05, 3.63) is 40.4 Å². The van der Waals surface area contributed by atoms with E-state index in [1.807, 2.05) is 0 Å². The lowest BCUT2D eigenvalue weighted by Crippen LogP contribution is -2.31. The molecule has 2 amide bonds. The molecule has 0 bridgehead atoms. The average Bonchev–Trinajstić information content (AvgIpc) is 3.15. The number of aryl methyl sites for hydroxylation is 1. The summed E-state index contributed by atoms with van der Waals surface area (Å²) < 4.78 is 5.01. The number of nitrogens with zero attached hydrogens (tertiary/aromatic N) is 2. The highest BCUT2D eigenvalue weighted by atomic mass is 32.2. The van der Waals surface area contributed by atoms with E-state index in [9.17, 15) is 24.3 Å². The number of carbonyl (C=O) groups is 4. The predicted octanol–water partition coefficient (Wildman–Crippen LogP) is 2.75. The Labute approximate surface area is 168 Å². The number of anilines is 1. The summed E-state index contributed by atoms with van der Waals surface area (Å²) in [7, 11) is 0. The summed E-state index contributed by atoms with van der Waals surface area (Å²) in [5.41, 5.74) is 0.131. The number of esters is 1. The zero-order valence-corrected chi connectivity index (χ0v) is 16.6. The van der Waals surface area contributed by atoms with Crippen molar-refractivity contribution < 1.29 is 29.0 Å². The number of pyridine rings is 1. The molecule has 0 saturated carbocycles. The van der Waals surface area contributed by atoms with E-state index in [4.69, 9.17) is 4.74 Å². The highest BCUT2D eigenvalue weighted by Crippen LogP contribution is 2.39. The van der Waals surface area contributed by atoms with Gasteiger partial charge in [-0.25, -0.2) is 19.5 Å². The lowest BCUT2D eigenvalue weighted by atomic mass is 10.3. The monoisotopic (exact) mass is 420 g/mol. The van der Waals surface area contributed by atoms with Crippen LogP contribution in [0, 0.1) is 6.92 Å². The summed E-state index contributed by atoms with van der Waals surface area (Å²) in [6.07, 6.45) is 1.31. The van der Waals surface area contributed by atoms with Crippen molar-refractivity contribution >= 4 is 51.9 Å². The fourth-order valence-electron chi connectivity index (χ4n) is 2.71. The van der Waals surface area contributed by atoms with Crippen molar-refractivity contribution in [1.82, 2.24) is 4.98 Å². The molecule has 1 atom stereocenters. The largest absolute Gasteiger partial charge is 0.478 e. The molecule has 146 valence electrons. The van der Waals surface area contributed by atoms with Crippen LogP contribution >= 0.6 is 23.1 Å². The van der Waals surface area contributed by atoms with E-state index in [2.05, 4.69) is 4.98 Å². The van der Waals surface area contributed by atoms with Crippen LogP contribution in [0.15, 0.2) is 29.4 Å². The highest BCUT2D eigenvalue weighted by molar-refractivity contribution is 8.00. The molecule has 8 nitrogen and oxygen atoms in total. The molecule has 1 fully saturated rings. The second-order valence-electron chi connectivity index (χ2n) is 5.84. The minimum atomic E-state index is -1.16. The number of carbonyl (C=O) groups excluding carboxylic acids is 3. The van der Waals surface area contributed by atoms with E-state index in [1.54, 1.807) is 19.9 Å². The molecule has 1 N–H and O–H groups in total. The summed E-state index contributed by atoms with van der Waals surface area (Å²) in [4.78, 5) is 54.8. The van der Waals surface area contributed by atoms with Crippen molar-refractivity contribution in [2.75, 3.05) is 11.5 Å². The topological polar surface area (TPSA) is 114 Å². The number of aromatic carboxylic acids is 1. The van der Waals surface area contributed by atoms with Crippen molar-refractivity contribution in [3.63, 3.8) is 0 Å². The Morgan fingerprint density at radius 2 is 2.14 bits per heavy atom. The Morgan fingerprint density at radius 1 is 1.39 bits per heavy atom. The normalized spacial score (nSPS) is 16.5. The van der Waals surface area contributed by atoms with Crippen molar-refractivity contribution in [2.24, 2.45) is 0 Å². The van der Waals surface area contributed by atoms with Crippen LogP contribution in [0.1, 0.15) is 38.9 Å². The zero-order valence-electron chi connectivity index (χ0n) is 15.0. The van der Waals surface area contributed by atoms with Crippen LogP contribution in [-0.2, 0) is 14.3 Å². The number of aromatic nitrogens is 1. The third-order valence-corrected chi connectivity index (χ3v) is 6.13. The van der Waals surface area contributed by atoms with Crippen molar-refractivity contribution in [1.29, 1.82) is 0 Å². The molecule has 0 spiro atoms. The van der Waals surface area contributed by atoms with Gasteiger partial charge in [0.1, 0.15) is 10.0 Å². The number of imide groups is 1. The number of hydrogen-bond donors (Lipinski definition) is 1. The smallest absolute Gasteiger partial charge is 0.341 e. The van der Waals surface area contributed by atoms with E-state index < -0.39 is 29.0 Å². The second-order valence-corrected chi connectivity index (χ2v) is 8.26. The Hall–Kier alpha value is -2.72. The molecule has 3 heterocycles. The van der Waals surface area contributed by atoms with E-state index in [-0.39, 0.29) is 34.2 Å². The number of ether oxygens (including phenoxy) is 1. The fourth-order valence-corrected chi connectivity index (χ4v) is 4.84. The molecule has 2 aromatic rings. The van der Waals surface area contributed by atoms with Crippen LogP contribution < -0.4 is 4.90 Å². The van der Waals surface area contributed by atoms with Crippen LogP contribution in [0.4, 0.5) is 5.00 Å². The van der Waals surface area contributed by atoms with Gasteiger partial charge in [0.15, 0.2) is 0 Å². The molecule has 10 heteroatoms. The van der Waals surface area contributed by atoms with E-state index in [0.29, 0.717) is 0 Å². The number of carboxylic acids is 1. The number of rotatable bonds is 6. The maximum atomic E-state index is 12.9. The van der Waals surface area contributed by atoms with Crippen molar-refractivity contribution in [2.45, 2.75) is 30.5 Å². The third kappa shape index (κ3) is 3.78. The minimum Gasteiger partial charge on any atom is -0.478 e. The first-order chi connectivity index (χ1) is 13.3. The number of hydrogen-bond acceptors (Lipinski definition) is 8. The van der Waals surface area contributed by atoms with Crippen LogP contribution in [0.2, 0.25) is 0 Å². The average molecular weight is 420 g/mol. The number of amides is 2. The summed E-state index contributed by atoms with van der Waals surface area (Å²) in [6, 6.07) is 4.46. The van der Waals surface area contributed by atoms with E-state index in [0.717, 1.165) is 32.9 Å². The minimum absolute atomic E-state index is 0.0367. The summed E-state index contributed by atoms with van der Waals surface area (Å²) in [5.74, 6) is -2.73. The number of thiophene rings is 1. The van der Waals surface area contributed by atoms with Gasteiger partial charge in [0, 0.05) is 17.5 Å². The van der Waals surface area contributed by atoms with E-state index >= 15 is 0 Å². The summed E-state index contributed by atoms with van der Waals surface area (Å²) in [5, 5.41) is 8.84. The number of carboxylic acid groups (broad SMARTS) is 1. The molecule has 2 aromatic heterocycles. The summed E-state index contributed by atoms with van der Waals surface area (Å²) in [6.45, 7) is 3.61. The quantitative estimate of drug-likeness (QED) is 0.560. The molecule has 28 heavy (non-hydrogen) atoms. The van der Waals surface area contributed by atoms with Gasteiger partial charge in [-0.3, -0.25) is 9.59 Å². The SMILES string of the molecule is CCOC(=O)c1cc(C)sc1N1C(=O)C[C@H](Sc2ncccc2C(=O)O)C1=O. The van der Waals surface area contributed by atoms with Crippen LogP contribution in [0.5, 0.6) is 0 Å². The molecule has 0 aromatic carbocycles. The van der Waals surface area contributed by atoms with Gasteiger partial charge in [-0.05, 0) is 32.0 Å². The predicted molar refractivity (Wildman–Crippen MR) is 103 cm³/mol.